The molecule has 1 saturated heterocycles. The number of carbonyl (C=O) groups excluding carboxylic acids is 1. The van der Waals surface area contributed by atoms with Crippen molar-refractivity contribution in [2.24, 2.45) is 16.8 Å². The topological polar surface area (TPSA) is 91.8 Å². The molecule has 0 bridgehead atoms. The van der Waals surface area contributed by atoms with Gasteiger partial charge in [-0.05, 0) is 25.0 Å². The third-order valence-electron chi connectivity index (χ3n) is 3.22. The van der Waals surface area contributed by atoms with Gasteiger partial charge in [0, 0.05) is 31.4 Å². The normalized spacial score (nSPS) is 17.8. The van der Waals surface area contributed by atoms with Crippen LogP contribution < -0.4 is 5.73 Å². The van der Waals surface area contributed by atoms with Crippen molar-refractivity contribution in [3.05, 3.63) is 30.1 Å². The smallest absolute Gasteiger partial charge is 0.255 e. The van der Waals surface area contributed by atoms with E-state index in [1.54, 1.807) is 29.4 Å². The van der Waals surface area contributed by atoms with Crippen molar-refractivity contribution in [3.8, 4) is 0 Å². The van der Waals surface area contributed by atoms with Gasteiger partial charge in [0.1, 0.15) is 5.84 Å². The maximum atomic E-state index is 12.1. The van der Waals surface area contributed by atoms with Gasteiger partial charge in [-0.25, -0.2) is 0 Å². The molecule has 0 saturated carbocycles. The molecule has 1 amide bonds. The Morgan fingerprint density at radius 3 is 2.78 bits per heavy atom. The first-order chi connectivity index (χ1) is 8.72. The number of likely N-dealkylation sites (tertiary alicyclic amines) is 1. The number of pyridine rings is 1. The SMILES string of the molecule is NC(=NO)C1CCN(C(=O)c2cccnc2)CC1. The van der Waals surface area contributed by atoms with Gasteiger partial charge in [0.15, 0.2) is 0 Å². The Kier molecular flexibility index (Phi) is 3.76. The van der Waals surface area contributed by atoms with Crippen LogP contribution in [0.1, 0.15) is 23.2 Å². The third kappa shape index (κ3) is 2.58. The number of amides is 1. The first-order valence-corrected chi connectivity index (χ1v) is 5.89. The lowest BCUT2D eigenvalue weighted by atomic mass is 9.95. The van der Waals surface area contributed by atoms with Gasteiger partial charge in [-0.1, -0.05) is 5.16 Å². The molecule has 2 rings (SSSR count). The molecule has 1 aromatic heterocycles. The van der Waals surface area contributed by atoms with E-state index in [1.165, 1.54) is 0 Å². The molecule has 1 fully saturated rings. The number of nitrogens with zero attached hydrogens (tertiary/aromatic N) is 3. The molecule has 0 radical (unpaired) electrons. The summed E-state index contributed by atoms with van der Waals surface area (Å²) in [5, 5.41) is 11.6. The van der Waals surface area contributed by atoms with Crippen LogP contribution in [0.5, 0.6) is 0 Å². The van der Waals surface area contributed by atoms with Crippen LogP contribution in [0.3, 0.4) is 0 Å². The van der Waals surface area contributed by atoms with Gasteiger partial charge in [0.2, 0.25) is 0 Å². The van der Waals surface area contributed by atoms with Gasteiger partial charge in [-0.3, -0.25) is 9.78 Å². The first kappa shape index (κ1) is 12.3. The van der Waals surface area contributed by atoms with Crippen LogP contribution in [0.4, 0.5) is 0 Å². The Balaban J connectivity index is 1.96. The second-order valence-corrected chi connectivity index (χ2v) is 4.33. The van der Waals surface area contributed by atoms with Crippen LogP contribution in [0.2, 0.25) is 0 Å². The average molecular weight is 248 g/mol. The van der Waals surface area contributed by atoms with E-state index in [1.807, 2.05) is 0 Å². The summed E-state index contributed by atoms with van der Waals surface area (Å²) in [6, 6.07) is 3.50. The van der Waals surface area contributed by atoms with Gasteiger partial charge < -0.3 is 15.8 Å². The molecule has 0 spiro atoms. The van der Waals surface area contributed by atoms with Crippen molar-refractivity contribution in [2.75, 3.05) is 13.1 Å². The van der Waals surface area contributed by atoms with E-state index in [0.29, 0.717) is 18.7 Å². The number of oxime groups is 1. The van der Waals surface area contributed by atoms with Crippen LogP contribution in [-0.4, -0.2) is 39.9 Å². The Morgan fingerprint density at radius 2 is 2.22 bits per heavy atom. The van der Waals surface area contributed by atoms with Gasteiger partial charge in [0.25, 0.3) is 5.91 Å². The van der Waals surface area contributed by atoms with Gasteiger partial charge >= 0.3 is 0 Å². The van der Waals surface area contributed by atoms with Crippen LogP contribution in [0, 0.1) is 5.92 Å². The Morgan fingerprint density at radius 1 is 1.50 bits per heavy atom. The molecule has 1 aromatic rings. The number of rotatable bonds is 2. The molecule has 0 unspecified atom stereocenters. The number of hydrogen-bond donors (Lipinski definition) is 2. The van der Waals surface area contributed by atoms with E-state index in [4.69, 9.17) is 10.9 Å². The molecular weight excluding hydrogens is 232 g/mol. The summed E-state index contributed by atoms with van der Waals surface area (Å²) in [4.78, 5) is 17.8. The second-order valence-electron chi connectivity index (χ2n) is 4.33. The molecule has 6 heteroatoms. The first-order valence-electron chi connectivity index (χ1n) is 5.89. The van der Waals surface area contributed by atoms with E-state index in [0.717, 1.165) is 12.8 Å². The lowest BCUT2D eigenvalue weighted by Crippen LogP contribution is -2.41. The highest BCUT2D eigenvalue weighted by Gasteiger charge is 2.25. The highest BCUT2D eigenvalue weighted by atomic mass is 16.4. The van der Waals surface area contributed by atoms with Gasteiger partial charge in [-0.15, -0.1) is 0 Å². The minimum Gasteiger partial charge on any atom is -0.409 e. The zero-order chi connectivity index (χ0) is 13.0. The predicted molar refractivity (Wildman–Crippen MR) is 66.3 cm³/mol. The number of amidine groups is 1. The largest absolute Gasteiger partial charge is 0.409 e. The average Bonchev–Trinajstić information content (AvgIpc) is 2.47. The number of nitrogens with two attached hydrogens (primary N) is 1. The Hall–Kier alpha value is -2.11. The molecule has 1 aliphatic heterocycles. The fourth-order valence-electron chi connectivity index (χ4n) is 2.13. The molecule has 0 aromatic carbocycles. The van der Waals surface area contributed by atoms with E-state index in [2.05, 4.69) is 10.1 Å². The van der Waals surface area contributed by atoms with Crippen molar-refractivity contribution in [1.29, 1.82) is 0 Å². The number of piperidine rings is 1. The van der Waals surface area contributed by atoms with Crippen LogP contribution in [-0.2, 0) is 0 Å². The van der Waals surface area contributed by atoms with E-state index < -0.39 is 0 Å². The maximum absolute atomic E-state index is 12.1. The van der Waals surface area contributed by atoms with Crippen molar-refractivity contribution in [2.45, 2.75) is 12.8 Å². The monoisotopic (exact) mass is 248 g/mol. The molecular formula is C12H16N4O2. The lowest BCUT2D eigenvalue weighted by Gasteiger charge is -2.31. The van der Waals surface area contributed by atoms with Crippen molar-refractivity contribution >= 4 is 11.7 Å². The summed E-state index contributed by atoms with van der Waals surface area (Å²) in [5.74, 6) is 0.303. The van der Waals surface area contributed by atoms with Crippen LogP contribution >= 0.6 is 0 Å². The molecule has 2 heterocycles. The number of hydrogen-bond acceptors (Lipinski definition) is 4. The van der Waals surface area contributed by atoms with E-state index >= 15 is 0 Å². The standard InChI is InChI=1S/C12H16N4O2/c13-11(15-18)9-3-6-16(7-4-9)12(17)10-2-1-5-14-8-10/h1-2,5,8-9,18H,3-4,6-7H2,(H2,13,15). The minimum atomic E-state index is -0.0129. The maximum Gasteiger partial charge on any atom is 0.255 e. The van der Waals surface area contributed by atoms with Crippen molar-refractivity contribution in [1.82, 2.24) is 9.88 Å². The molecule has 1 aliphatic rings. The Labute approximate surface area is 105 Å². The summed E-state index contributed by atoms with van der Waals surface area (Å²) in [5.41, 5.74) is 6.16. The van der Waals surface area contributed by atoms with Crippen molar-refractivity contribution < 1.29 is 10.0 Å². The van der Waals surface area contributed by atoms with Gasteiger partial charge in [0.05, 0.1) is 5.56 Å². The molecule has 0 atom stereocenters. The molecule has 3 N–H and O–H groups in total. The molecule has 6 nitrogen and oxygen atoms in total. The summed E-state index contributed by atoms with van der Waals surface area (Å²) in [6.07, 6.45) is 4.66. The summed E-state index contributed by atoms with van der Waals surface area (Å²) >= 11 is 0. The summed E-state index contributed by atoms with van der Waals surface area (Å²) in [7, 11) is 0. The quantitative estimate of drug-likeness (QED) is 0.348. The zero-order valence-corrected chi connectivity index (χ0v) is 9.99. The molecule has 18 heavy (non-hydrogen) atoms. The van der Waals surface area contributed by atoms with E-state index in [9.17, 15) is 4.79 Å². The number of carbonyl (C=O) groups is 1. The van der Waals surface area contributed by atoms with Crippen LogP contribution in [0.25, 0.3) is 0 Å². The molecule has 0 aliphatic carbocycles. The second kappa shape index (κ2) is 5.48. The predicted octanol–water partition coefficient (Wildman–Crippen LogP) is 0.680. The highest BCUT2D eigenvalue weighted by molar-refractivity contribution is 5.94. The van der Waals surface area contributed by atoms with Crippen LogP contribution in [0.15, 0.2) is 29.7 Å². The van der Waals surface area contributed by atoms with E-state index in [-0.39, 0.29) is 17.7 Å². The number of aromatic nitrogens is 1. The zero-order valence-electron chi connectivity index (χ0n) is 9.99. The minimum absolute atomic E-state index is 0.0129. The fraction of sp³-hybridized carbons (Fsp3) is 0.417. The third-order valence-corrected chi connectivity index (χ3v) is 3.22. The summed E-state index contributed by atoms with van der Waals surface area (Å²) in [6.45, 7) is 1.24. The Bertz CT molecular complexity index is 439. The lowest BCUT2D eigenvalue weighted by molar-refractivity contribution is 0.0708. The summed E-state index contributed by atoms with van der Waals surface area (Å²) < 4.78 is 0. The fourth-order valence-corrected chi connectivity index (χ4v) is 2.13. The van der Waals surface area contributed by atoms with Crippen molar-refractivity contribution in [3.63, 3.8) is 0 Å². The van der Waals surface area contributed by atoms with Gasteiger partial charge in [-0.2, -0.15) is 0 Å². The highest BCUT2D eigenvalue weighted by Crippen LogP contribution is 2.18. The molecule has 96 valence electrons.